The van der Waals surface area contributed by atoms with Crippen LogP contribution >= 0.6 is 15.9 Å². The Morgan fingerprint density at radius 1 is 1.21 bits per heavy atom. The molecule has 1 heteroatoms. The van der Waals surface area contributed by atoms with Crippen LogP contribution < -0.4 is 0 Å². The van der Waals surface area contributed by atoms with Crippen LogP contribution in [0.3, 0.4) is 0 Å². The summed E-state index contributed by atoms with van der Waals surface area (Å²) in [5, 5.41) is 0. The van der Waals surface area contributed by atoms with E-state index in [1.54, 1.807) is 6.08 Å². The van der Waals surface area contributed by atoms with E-state index in [9.17, 15) is 0 Å². The van der Waals surface area contributed by atoms with Crippen molar-refractivity contribution in [2.75, 3.05) is 0 Å². The first kappa shape index (κ1) is 11.3. The van der Waals surface area contributed by atoms with Crippen LogP contribution in [0.15, 0.2) is 29.3 Å². The largest absolute Gasteiger partial charge is 0.0979 e. The van der Waals surface area contributed by atoms with E-state index in [4.69, 9.17) is 0 Å². The van der Waals surface area contributed by atoms with Crippen LogP contribution in [0.25, 0.3) is 6.08 Å². The third-order valence-corrected chi connectivity index (χ3v) is 2.77. The molecule has 0 radical (unpaired) electrons. The molecule has 0 bridgehead atoms. The van der Waals surface area contributed by atoms with Gasteiger partial charge in [-0.25, -0.2) is 0 Å². The third kappa shape index (κ3) is 2.58. The van der Waals surface area contributed by atoms with Gasteiger partial charge in [-0.05, 0) is 43.5 Å². The molecule has 0 unspecified atom stereocenters. The average Bonchev–Trinajstić information content (AvgIpc) is 2.10. The Morgan fingerprint density at radius 2 is 1.71 bits per heavy atom. The van der Waals surface area contributed by atoms with E-state index in [0.29, 0.717) is 0 Å². The van der Waals surface area contributed by atoms with Crippen LogP contribution in [0, 0.1) is 20.8 Å². The highest BCUT2D eigenvalue weighted by Crippen LogP contribution is 2.21. The maximum Gasteiger partial charge on any atom is 0.0175 e. The van der Waals surface area contributed by atoms with Crippen LogP contribution in [-0.2, 0) is 0 Å². The lowest BCUT2D eigenvalue weighted by Gasteiger charge is -2.07. The molecule has 0 saturated heterocycles. The van der Waals surface area contributed by atoms with Crippen LogP contribution in [0.5, 0.6) is 0 Å². The highest BCUT2D eigenvalue weighted by Gasteiger charge is 2.00. The first-order chi connectivity index (χ1) is 6.54. The zero-order valence-electron chi connectivity index (χ0n) is 8.89. The van der Waals surface area contributed by atoms with Crippen LogP contribution in [-0.4, -0.2) is 0 Å². The van der Waals surface area contributed by atoms with Crippen molar-refractivity contribution in [1.82, 2.24) is 0 Å². The summed E-state index contributed by atoms with van der Waals surface area (Å²) in [6.07, 6.45) is 3.91. The summed E-state index contributed by atoms with van der Waals surface area (Å²) in [5.74, 6) is 0. The second-order valence-electron chi connectivity index (χ2n) is 3.55. The molecule has 0 nitrogen and oxygen atoms in total. The maximum absolute atomic E-state index is 3.72. The minimum absolute atomic E-state index is 1.02. The predicted molar refractivity (Wildman–Crippen MR) is 67.8 cm³/mol. The summed E-state index contributed by atoms with van der Waals surface area (Å²) in [7, 11) is 0. The molecule has 0 amide bonds. The van der Waals surface area contributed by atoms with Gasteiger partial charge in [0, 0.05) is 4.48 Å². The lowest BCUT2D eigenvalue weighted by atomic mass is 9.99. The van der Waals surface area contributed by atoms with Crippen molar-refractivity contribution in [2.24, 2.45) is 0 Å². The highest BCUT2D eigenvalue weighted by atomic mass is 79.9. The summed E-state index contributed by atoms with van der Waals surface area (Å²) >= 11 is 3.44. The summed E-state index contributed by atoms with van der Waals surface area (Å²) in [4.78, 5) is 0. The van der Waals surface area contributed by atoms with E-state index in [1.165, 1.54) is 22.3 Å². The first-order valence-corrected chi connectivity index (χ1v) is 5.41. The third-order valence-electron chi connectivity index (χ3n) is 2.22. The van der Waals surface area contributed by atoms with Crippen molar-refractivity contribution in [3.8, 4) is 0 Å². The van der Waals surface area contributed by atoms with Crippen LogP contribution in [0.2, 0.25) is 0 Å². The van der Waals surface area contributed by atoms with Gasteiger partial charge in [0.2, 0.25) is 0 Å². The van der Waals surface area contributed by atoms with Crippen molar-refractivity contribution in [3.05, 3.63) is 51.5 Å². The maximum atomic E-state index is 3.72. The number of rotatable bonds is 2. The van der Waals surface area contributed by atoms with E-state index < -0.39 is 0 Å². The molecule has 0 spiro atoms. The molecule has 0 aliphatic heterocycles. The summed E-state index contributed by atoms with van der Waals surface area (Å²) in [5.41, 5.74) is 5.21. The zero-order chi connectivity index (χ0) is 10.7. The van der Waals surface area contributed by atoms with E-state index in [1.807, 2.05) is 0 Å². The van der Waals surface area contributed by atoms with Crippen molar-refractivity contribution in [3.63, 3.8) is 0 Å². The van der Waals surface area contributed by atoms with Gasteiger partial charge in [0.25, 0.3) is 0 Å². The van der Waals surface area contributed by atoms with Gasteiger partial charge < -0.3 is 0 Å². The summed E-state index contributed by atoms with van der Waals surface area (Å²) in [6, 6.07) is 4.39. The first-order valence-electron chi connectivity index (χ1n) is 4.62. The quantitative estimate of drug-likeness (QED) is 0.677. The molecule has 74 valence electrons. The number of halogens is 1. The Kier molecular flexibility index (Phi) is 3.70. The second-order valence-corrected chi connectivity index (χ2v) is 4.46. The number of benzene rings is 1. The van der Waals surface area contributed by atoms with Crippen molar-refractivity contribution < 1.29 is 0 Å². The molecule has 0 heterocycles. The molecule has 1 aromatic carbocycles. The van der Waals surface area contributed by atoms with Crippen LogP contribution in [0.1, 0.15) is 22.3 Å². The molecular formula is C13H15Br. The van der Waals surface area contributed by atoms with E-state index >= 15 is 0 Å². The Morgan fingerprint density at radius 3 is 2.14 bits per heavy atom. The fourth-order valence-corrected chi connectivity index (χ4v) is 1.84. The van der Waals surface area contributed by atoms with Gasteiger partial charge in [-0.1, -0.05) is 46.3 Å². The molecule has 14 heavy (non-hydrogen) atoms. The summed E-state index contributed by atoms with van der Waals surface area (Å²) in [6.45, 7) is 10.1. The lowest BCUT2D eigenvalue weighted by Crippen LogP contribution is -1.88. The van der Waals surface area contributed by atoms with Crippen molar-refractivity contribution >= 4 is 22.0 Å². The number of hydrogen-bond donors (Lipinski definition) is 0. The number of aryl methyl sites for hydroxylation is 3. The fraction of sp³-hybridized carbons (Fsp3) is 0.231. The molecular weight excluding hydrogens is 236 g/mol. The molecule has 0 aromatic heterocycles. The van der Waals surface area contributed by atoms with Gasteiger partial charge in [-0.2, -0.15) is 0 Å². The normalized spacial score (nSPS) is 11.6. The van der Waals surface area contributed by atoms with Gasteiger partial charge in [0.1, 0.15) is 0 Å². The fourth-order valence-electron chi connectivity index (χ4n) is 1.62. The monoisotopic (exact) mass is 250 g/mol. The summed E-state index contributed by atoms with van der Waals surface area (Å²) < 4.78 is 1.02. The van der Waals surface area contributed by atoms with Crippen molar-refractivity contribution in [2.45, 2.75) is 20.8 Å². The molecule has 0 N–H and O–H groups in total. The number of allylic oxidation sites excluding steroid dienone is 2. The Labute approximate surface area is 94.5 Å². The van der Waals surface area contributed by atoms with E-state index in [2.05, 4.69) is 61.5 Å². The molecule has 0 atom stereocenters. The second kappa shape index (κ2) is 4.61. The minimum Gasteiger partial charge on any atom is -0.0979 e. The molecule has 0 fully saturated rings. The van der Waals surface area contributed by atoms with Gasteiger partial charge in [0.15, 0.2) is 0 Å². The van der Waals surface area contributed by atoms with E-state index in [-0.39, 0.29) is 0 Å². The smallest absolute Gasteiger partial charge is 0.0175 e. The average molecular weight is 251 g/mol. The molecule has 0 aliphatic rings. The Hall–Kier alpha value is -0.820. The van der Waals surface area contributed by atoms with Gasteiger partial charge in [-0.15, -0.1) is 0 Å². The SMILES string of the molecule is C=C/C(Br)=C/c1c(C)cc(C)cc1C. The molecule has 1 aromatic rings. The molecule has 0 saturated carbocycles. The predicted octanol–water partition coefficient (Wildman–Crippen LogP) is 4.53. The Balaban J connectivity index is 3.28. The van der Waals surface area contributed by atoms with E-state index in [0.717, 1.165) is 4.48 Å². The minimum atomic E-state index is 1.02. The van der Waals surface area contributed by atoms with Gasteiger partial charge >= 0.3 is 0 Å². The Bertz CT molecular complexity index is 363. The topological polar surface area (TPSA) is 0 Å². The van der Waals surface area contributed by atoms with Crippen molar-refractivity contribution in [1.29, 1.82) is 0 Å². The number of hydrogen-bond acceptors (Lipinski definition) is 0. The lowest BCUT2D eigenvalue weighted by molar-refractivity contribution is 1.30. The zero-order valence-corrected chi connectivity index (χ0v) is 10.5. The van der Waals surface area contributed by atoms with Crippen LogP contribution in [0.4, 0.5) is 0 Å². The standard InChI is InChI=1S/C13H15Br/c1-5-12(14)8-13-10(3)6-9(2)7-11(13)4/h5-8H,1H2,2-4H3/b12-8-. The van der Waals surface area contributed by atoms with Gasteiger partial charge in [0.05, 0.1) is 0 Å². The van der Waals surface area contributed by atoms with Gasteiger partial charge in [-0.3, -0.25) is 0 Å². The highest BCUT2D eigenvalue weighted by molar-refractivity contribution is 9.12. The molecule has 0 aliphatic carbocycles. The molecule has 1 rings (SSSR count).